The molecule has 3 nitrogen and oxygen atoms in total. The number of likely N-dealkylation sites (tertiary alicyclic amines) is 1. The lowest BCUT2D eigenvalue weighted by atomic mass is 10.0. The van der Waals surface area contributed by atoms with Crippen LogP contribution in [-0.4, -0.2) is 42.7 Å². The van der Waals surface area contributed by atoms with Crippen LogP contribution in [0.5, 0.6) is 0 Å². The number of hydrogen-bond acceptors (Lipinski definition) is 2. The molecule has 1 fully saturated rings. The van der Waals surface area contributed by atoms with E-state index in [0.29, 0.717) is 0 Å². The van der Waals surface area contributed by atoms with Crippen molar-refractivity contribution >= 4 is 5.91 Å². The van der Waals surface area contributed by atoms with Gasteiger partial charge in [0.05, 0.1) is 0 Å². The van der Waals surface area contributed by atoms with E-state index < -0.39 is 12.1 Å². The largest absolute Gasteiger partial charge is 0.471 e. The fourth-order valence-electron chi connectivity index (χ4n) is 2.16. The number of amides is 1. The maximum atomic E-state index is 12.1. The van der Waals surface area contributed by atoms with E-state index in [1.165, 1.54) is 0 Å². The molecule has 1 unspecified atom stereocenters. The normalized spacial score (nSPS) is 19.6. The van der Waals surface area contributed by atoms with Gasteiger partial charge in [0.1, 0.15) is 0 Å². The molecule has 100 valence electrons. The third-order valence-corrected chi connectivity index (χ3v) is 3.11. The molecular weight excluding hydrogens is 233 g/mol. The van der Waals surface area contributed by atoms with Crippen molar-refractivity contribution in [2.75, 3.05) is 19.6 Å². The van der Waals surface area contributed by atoms with Crippen molar-refractivity contribution in [2.24, 2.45) is 5.92 Å². The molecule has 6 heteroatoms. The monoisotopic (exact) mass is 252 g/mol. The van der Waals surface area contributed by atoms with Crippen LogP contribution in [0.3, 0.4) is 0 Å². The highest BCUT2D eigenvalue weighted by molar-refractivity contribution is 5.81. The first-order valence-electron chi connectivity index (χ1n) is 5.91. The number of nitrogens with one attached hydrogen (secondary N) is 1. The van der Waals surface area contributed by atoms with Gasteiger partial charge in [0.2, 0.25) is 0 Å². The van der Waals surface area contributed by atoms with Gasteiger partial charge in [0.15, 0.2) is 0 Å². The molecule has 17 heavy (non-hydrogen) atoms. The molecule has 0 bridgehead atoms. The number of nitrogens with zero attached hydrogens (tertiary/aromatic N) is 1. The van der Waals surface area contributed by atoms with Gasteiger partial charge >= 0.3 is 12.1 Å². The zero-order valence-electron chi connectivity index (χ0n) is 10.2. The maximum absolute atomic E-state index is 12.1. The van der Waals surface area contributed by atoms with Crippen LogP contribution in [0, 0.1) is 5.92 Å². The molecule has 0 aromatic carbocycles. The summed E-state index contributed by atoms with van der Waals surface area (Å²) >= 11 is 0. The molecule has 0 saturated carbocycles. The molecule has 1 N–H and O–H groups in total. The van der Waals surface area contributed by atoms with E-state index in [-0.39, 0.29) is 18.5 Å². The summed E-state index contributed by atoms with van der Waals surface area (Å²) < 4.78 is 36.2. The SMILES string of the molecule is CC(C)C(CNC(=O)C(F)(F)F)N1CCCC1. The number of hydrogen-bond donors (Lipinski definition) is 1. The van der Waals surface area contributed by atoms with Gasteiger partial charge in [-0.15, -0.1) is 0 Å². The highest BCUT2D eigenvalue weighted by Crippen LogP contribution is 2.18. The Morgan fingerprint density at radius 1 is 1.29 bits per heavy atom. The first-order valence-corrected chi connectivity index (χ1v) is 5.91. The number of carbonyl (C=O) groups is 1. The van der Waals surface area contributed by atoms with Gasteiger partial charge < -0.3 is 5.32 Å². The highest BCUT2D eigenvalue weighted by Gasteiger charge is 2.39. The smallest absolute Gasteiger partial charge is 0.347 e. The fourth-order valence-corrected chi connectivity index (χ4v) is 2.16. The molecule has 1 amide bonds. The summed E-state index contributed by atoms with van der Waals surface area (Å²) in [4.78, 5) is 12.9. The minimum atomic E-state index is -4.79. The maximum Gasteiger partial charge on any atom is 0.471 e. The van der Waals surface area contributed by atoms with Crippen molar-refractivity contribution in [1.82, 2.24) is 10.2 Å². The molecule has 0 aliphatic carbocycles. The molecule has 1 rings (SSSR count). The van der Waals surface area contributed by atoms with Crippen molar-refractivity contribution in [2.45, 2.75) is 38.9 Å². The van der Waals surface area contributed by atoms with E-state index in [2.05, 4.69) is 4.90 Å². The Bertz CT molecular complexity index is 260. The van der Waals surface area contributed by atoms with Gasteiger partial charge in [0, 0.05) is 12.6 Å². The standard InChI is InChI=1S/C11H19F3N2O/c1-8(2)9(16-5-3-4-6-16)7-15-10(17)11(12,13)14/h8-9H,3-7H2,1-2H3,(H,15,17). The summed E-state index contributed by atoms with van der Waals surface area (Å²) in [5.74, 6) is -1.62. The third kappa shape index (κ3) is 4.18. The van der Waals surface area contributed by atoms with E-state index in [1.54, 1.807) is 0 Å². The minimum Gasteiger partial charge on any atom is -0.347 e. The summed E-state index contributed by atoms with van der Waals surface area (Å²) in [6.07, 6.45) is -2.63. The predicted octanol–water partition coefficient (Wildman–Crippen LogP) is 1.79. The van der Waals surface area contributed by atoms with Gasteiger partial charge in [-0.25, -0.2) is 0 Å². The van der Waals surface area contributed by atoms with Crippen LogP contribution in [0.15, 0.2) is 0 Å². The lowest BCUT2D eigenvalue weighted by Gasteiger charge is -2.31. The van der Waals surface area contributed by atoms with E-state index >= 15 is 0 Å². The summed E-state index contributed by atoms with van der Waals surface area (Å²) in [6, 6.07) is -0.0104. The average molecular weight is 252 g/mol. The topological polar surface area (TPSA) is 32.3 Å². The summed E-state index contributed by atoms with van der Waals surface area (Å²) in [6.45, 7) is 5.80. The van der Waals surface area contributed by atoms with Crippen molar-refractivity contribution < 1.29 is 18.0 Å². The molecule has 0 radical (unpaired) electrons. The third-order valence-electron chi connectivity index (χ3n) is 3.11. The van der Waals surface area contributed by atoms with E-state index in [0.717, 1.165) is 25.9 Å². The molecule has 1 atom stereocenters. The van der Waals surface area contributed by atoms with Gasteiger partial charge in [-0.2, -0.15) is 13.2 Å². The molecule has 1 heterocycles. The van der Waals surface area contributed by atoms with E-state index in [4.69, 9.17) is 0 Å². The highest BCUT2D eigenvalue weighted by atomic mass is 19.4. The van der Waals surface area contributed by atoms with Gasteiger partial charge in [-0.1, -0.05) is 13.8 Å². The van der Waals surface area contributed by atoms with Crippen LogP contribution < -0.4 is 5.32 Å². The Morgan fingerprint density at radius 2 is 1.82 bits per heavy atom. The number of halogens is 3. The number of rotatable bonds is 4. The Balaban J connectivity index is 2.47. The van der Waals surface area contributed by atoms with E-state index in [1.807, 2.05) is 19.2 Å². The number of alkyl halides is 3. The van der Waals surface area contributed by atoms with Crippen molar-refractivity contribution in [3.05, 3.63) is 0 Å². The van der Waals surface area contributed by atoms with Crippen LogP contribution in [0.2, 0.25) is 0 Å². The van der Waals surface area contributed by atoms with Gasteiger partial charge in [-0.3, -0.25) is 9.69 Å². The quantitative estimate of drug-likeness (QED) is 0.827. The molecule has 0 spiro atoms. The Labute approximate surface area is 99.4 Å². The molecular formula is C11H19F3N2O. The van der Waals surface area contributed by atoms with Crippen LogP contribution in [0.1, 0.15) is 26.7 Å². The lowest BCUT2D eigenvalue weighted by Crippen LogP contribution is -2.48. The Hall–Kier alpha value is -0.780. The fraction of sp³-hybridized carbons (Fsp3) is 0.909. The molecule has 1 aliphatic rings. The number of carbonyl (C=O) groups excluding carboxylic acids is 1. The van der Waals surface area contributed by atoms with Crippen LogP contribution in [-0.2, 0) is 4.79 Å². The van der Waals surface area contributed by atoms with Crippen LogP contribution in [0.25, 0.3) is 0 Å². The van der Waals surface area contributed by atoms with Crippen molar-refractivity contribution in [3.8, 4) is 0 Å². The Morgan fingerprint density at radius 3 is 2.24 bits per heavy atom. The summed E-state index contributed by atoms with van der Waals surface area (Å²) in [7, 11) is 0. The average Bonchev–Trinajstić information content (AvgIpc) is 2.69. The summed E-state index contributed by atoms with van der Waals surface area (Å²) in [5, 5.41) is 1.98. The van der Waals surface area contributed by atoms with Crippen LogP contribution >= 0.6 is 0 Å². The van der Waals surface area contributed by atoms with Crippen LogP contribution in [0.4, 0.5) is 13.2 Å². The molecule has 0 aromatic rings. The zero-order valence-corrected chi connectivity index (χ0v) is 10.2. The first-order chi connectivity index (χ1) is 7.82. The predicted molar refractivity (Wildman–Crippen MR) is 58.5 cm³/mol. The second-order valence-corrected chi connectivity index (χ2v) is 4.76. The first kappa shape index (κ1) is 14.3. The molecule has 1 saturated heterocycles. The van der Waals surface area contributed by atoms with E-state index in [9.17, 15) is 18.0 Å². The van der Waals surface area contributed by atoms with Crippen molar-refractivity contribution in [1.29, 1.82) is 0 Å². The van der Waals surface area contributed by atoms with Gasteiger partial charge in [-0.05, 0) is 31.8 Å². The summed E-state index contributed by atoms with van der Waals surface area (Å²) in [5.41, 5.74) is 0. The lowest BCUT2D eigenvalue weighted by molar-refractivity contribution is -0.173. The minimum absolute atomic E-state index is 0.0104. The van der Waals surface area contributed by atoms with Crippen molar-refractivity contribution in [3.63, 3.8) is 0 Å². The molecule has 0 aromatic heterocycles. The zero-order chi connectivity index (χ0) is 13.1. The molecule has 1 aliphatic heterocycles. The second kappa shape index (κ2) is 5.71. The second-order valence-electron chi connectivity index (χ2n) is 4.76. The Kier molecular flexibility index (Phi) is 4.80. The van der Waals surface area contributed by atoms with Gasteiger partial charge in [0.25, 0.3) is 0 Å².